The molecule has 2 aliphatic rings. The van der Waals surface area contributed by atoms with Crippen molar-refractivity contribution in [3.63, 3.8) is 0 Å². The normalized spacial score (nSPS) is 24.7. The monoisotopic (exact) mass is 403 g/mol. The number of allylic oxidation sites excluding steroid dienone is 2. The Bertz CT molecular complexity index is 1050. The lowest BCUT2D eigenvalue weighted by Gasteiger charge is -2.48. The van der Waals surface area contributed by atoms with E-state index >= 15 is 0 Å². The van der Waals surface area contributed by atoms with Gasteiger partial charge in [0.2, 0.25) is 0 Å². The van der Waals surface area contributed by atoms with Crippen LogP contribution in [-0.4, -0.2) is 17.8 Å². The number of hydrogen-bond acceptors (Lipinski definition) is 3. The molecule has 2 aromatic rings. The molecule has 2 heterocycles. The van der Waals surface area contributed by atoms with Crippen LogP contribution < -0.4 is 4.90 Å². The number of rotatable bonds is 4. The molecular weight excluding hydrogens is 370 g/mol. The quantitative estimate of drug-likeness (QED) is 0.587. The first-order chi connectivity index (χ1) is 14.1. The van der Waals surface area contributed by atoms with E-state index in [4.69, 9.17) is 4.74 Å². The third kappa shape index (κ3) is 2.83. The minimum Gasteiger partial charge on any atom is -0.502 e. The van der Waals surface area contributed by atoms with E-state index in [9.17, 15) is 5.11 Å². The highest BCUT2D eigenvalue weighted by Gasteiger charge is 2.56. The highest BCUT2D eigenvalue weighted by atomic mass is 16.5. The fraction of sp³-hybridized carbons (Fsp3) is 0.407. The Kier molecular flexibility index (Phi) is 4.85. The lowest BCUT2D eigenvalue weighted by molar-refractivity contribution is -0.00352. The topological polar surface area (TPSA) is 32.7 Å². The predicted molar refractivity (Wildman–Crippen MR) is 124 cm³/mol. The Hall–Kier alpha value is -2.52. The van der Waals surface area contributed by atoms with Gasteiger partial charge in [-0.2, -0.15) is 0 Å². The van der Waals surface area contributed by atoms with Crippen LogP contribution in [0.1, 0.15) is 64.6 Å². The van der Waals surface area contributed by atoms with Crippen molar-refractivity contribution in [3.8, 4) is 11.1 Å². The smallest absolute Gasteiger partial charge is 0.0946 e. The maximum Gasteiger partial charge on any atom is 0.0946 e. The Morgan fingerprint density at radius 2 is 1.83 bits per heavy atom. The van der Waals surface area contributed by atoms with E-state index in [0.717, 1.165) is 5.76 Å². The van der Waals surface area contributed by atoms with Gasteiger partial charge < -0.3 is 14.7 Å². The number of nitrogens with zero attached hydrogens (tertiary/aromatic N) is 1. The van der Waals surface area contributed by atoms with Crippen molar-refractivity contribution in [2.75, 3.05) is 12.0 Å². The van der Waals surface area contributed by atoms with Gasteiger partial charge in [0.05, 0.1) is 24.5 Å². The second kappa shape index (κ2) is 7.02. The van der Waals surface area contributed by atoms with E-state index in [1.165, 1.54) is 33.6 Å². The van der Waals surface area contributed by atoms with Crippen molar-refractivity contribution >= 4 is 5.69 Å². The summed E-state index contributed by atoms with van der Waals surface area (Å²) in [5.74, 6) is 1.11. The second-order valence-electron chi connectivity index (χ2n) is 9.43. The zero-order valence-electron chi connectivity index (χ0n) is 19.2. The highest BCUT2D eigenvalue weighted by Crippen LogP contribution is 2.61. The molecule has 0 radical (unpaired) electrons. The van der Waals surface area contributed by atoms with Crippen LogP contribution >= 0.6 is 0 Å². The molecule has 2 aromatic carbocycles. The van der Waals surface area contributed by atoms with Crippen molar-refractivity contribution in [1.29, 1.82) is 0 Å². The van der Waals surface area contributed by atoms with Crippen molar-refractivity contribution in [2.45, 2.75) is 59.1 Å². The van der Waals surface area contributed by atoms with Crippen molar-refractivity contribution in [2.24, 2.45) is 5.41 Å². The summed E-state index contributed by atoms with van der Waals surface area (Å²) in [6.45, 7) is 12.6. The molecule has 3 unspecified atom stereocenters. The zero-order valence-corrected chi connectivity index (χ0v) is 19.2. The molecule has 0 saturated carbocycles. The minimum atomic E-state index is -1.10. The maximum absolute atomic E-state index is 11.8. The number of hydrogen-bond donors (Lipinski definition) is 1. The molecule has 0 fully saturated rings. The minimum absolute atomic E-state index is 0.00286. The number of benzene rings is 2. The van der Waals surface area contributed by atoms with Crippen LogP contribution in [-0.2, 0) is 4.74 Å². The molecular formula is C27H33NO2. The summed E-state index contributed by atoms with van der Waals surface area (Å²) >= 11 is 0. The standard InChI is InChI=1S/C27H33NO2/c1-17(2)20-12-10-13-22-21-11-8-9-14-23(21)28-18(3)15-26(5,25(28)24(20)22)27(6,29)16-19(4)30-7/h8-17,25,29H,1-7H3/b19-16-. The van der Waals surface area contributed by atoms with E-state index in [2.05, 4.69) is 81.1 Å². The summed E-state index contributed by atoms with van der Waals surface area (Å²) in [7, 11) is 1.65. The molecule has 30 heavy (non-hydrogen) atoms. The van der Waals surface area contributed by atoms with E-state index < -0.39 is 11.0 Å². The van der Waals surface area contributed by atoms with Gasteiger partial charge in [-0.15, -0.1) is 0 Å². The van der Waals surface area contributed by atoms with Crippen molar-refractivity contribution in [3.05, 3.63) is 77.2 Å². The van der Waals surface area contributed by atoms with E-state index in [1.807, 2.05) is 19.9 Å². The number of ether oxygens (including phenoxy) is 1. The van der Waals surface area contributed by atoms with E-state index in [0.29, 0.717) is 5.92 Å². The Labute approximate surface area is 180 Å². The summed E-state index contributed by atoms with van der Waals surface area (Å²) < 4.78 is 5.41. The molecule has 3 nitrogen and oxygen atoms in total. The number of methoxy groups -OCH3 is 1. The Morgan fingerprint density at radius 1 is 1.17 bits per heavy atom. The third-order valence-electron chi connectivity index (χ3n) is 7.10. The van der Waals surface area contributed by atoms with Gasteiger partial charge >= 0.3 is 0 Å². The van der Waals surface area contributed by atoms with E-state index in [-0.39, 0.29) is 6.04 Å². The average Bonchev–Trinajstić information content (AvgIpc) is 2.99. The highest BCUT2D eigenvalue weighted by molar-refractivity contribution is 5.88. The van der Waals surface area contributed by atoms with Gasteiger partial charge in [-0.3, -0.25) is 0 Å². The molecule has 0 spiro atoms. The van der Waals surface area contributed by atoms with Gasteiger partial charge in [0, 0.05) is 22.4 Å². The predicted octanol–water partition coefficient (Wildman–Crippen LogP) is 6.56. The largest absolute Gasteiger partial charge is 0.502 e. The zero-order chi connectivity index (χ0) is 21.8. The molecule has 0 aromatic heterocycles. The maximum atomic E-state index is 11.8. The fourth-order valence-electron chi connectivity index (χ4n) is 5.38. The molecule has 4 rings (SSSR count). The number of para-hydroxylation sites is 1. The second-order valence-corrected chi connectivity index (χ2v) is 9.43. The molecule has 0 bridgehead atoms. The molecule has 158 valence electrons. The van der Waals surface area contributed by atoms with E-state index in [1.54, 1.807) is 7.11 Å². The van der Waals surface area contributed by atoms with Gasteiger partial charge in [-0.05, 0) is 55.5 Å². The van der Waals surface area contributed by atoms with Crippen LogP contribution in [0, 0.1) is 5.41 Å². The Morgan fingerprint density at radius 3 is 2.50 bits per heavy atom. The molecule has 0 amide bonds. The van der Waals surface area contributed by atoms with Gasteiger partial charge in [0.25, 0.3) is 0 Å². The van der Waals surface area contributed by atoms with Gasteiger partial charge in [-0.1, -0.05) is 63.2 Å². The van der Waals surface area contributed by atoms with Crippen molar-refractivity contribution < 1.29 is 9.84 Å². The molecule has 2 aliphatic heterocycles. The molecule has 1 N–H and O–H groups in total. The fourth-order valence-corrected chi connectivity index (χ4v) is 5.38. The number of anilines is 1. The number of fused-ring (bicyclic) bond motifs is 6. The molecule has 0 aliphatic carbocycles. The Balaban J connectivity index is 2.04. The van der Waals surface area contributed by atoms with Gasteiger partial charge in [-0.25, -0.2) is 0 Å². The van der Waals surface area contributed by atoms with Crippen LogP contribution in [0.15, 0.2) is 66.1 Å². The number of aliphatic hydroxyl groups is 1. The summed E-state index contributed by atoms with van der Waals surface area (Å²) in [5.41, 5.74) is 5.94. The first-order valence-electron chi connectivity index (χ1n) is 10.8. The lowest BCUT2D eigenvalue weighted by atomic mass is 9.65. The first-order valence-corrected chi connectivity index (χ1v) is 10.8. The average molecular weight is 404 g/mol. The lowest BCUT2D eigenvalue weighted by Crippen LogP contribution is -2.48. The van der Waals surface area contributed by atoms with Gasteiger partial charge in [0.1, 0.15) is 0 Å². The molecule has 0 saturated heterocycles. The van der Waals surface area contributed by atoms with Crippen LogP contribution in [0.4, 0.5) is 5.69 Å². The summed E-state index contributed by atoms with van der Waals surface area (Å²) in [6, 6.07) is 15.3. The van der Waals surface area contributed by atoms with Crippen LogP contribution in [0.3, 0.4) is 0 Å². The summed E-state index contributed by atoms with van der Waals surface area (Å²) in [5, 5.41) is 11.8. The van der Waals surface area contributed by atoms with Crippen LogP contribution in [0.25, 0.3) is 11.1 Å². The molecule has 3 heteroatoms. The SMILES string of the molecule is CO/C(C)=C\C(C)(O)C1(C)C=C(C)N2c3ccccc3-c3cccc(C(C)C)c3C21. The first kappa shape index (κ1) is 20.7. The van der Waals surface area contributed by atoms with Gasteiger partial charge in [0.15, 0.2) is 0 Å². The summed E-state index contributed by atoms with van der Waals surface area (Å²) in [4.78, 5) is 2.42. The molecule has 3 atom stereocenters. The summed E-state index contributed by atoms with van der Waals surface area (Å²) in [6.07, 6.45) is 4.11. The third-order valence-corrected chi connectivity index (χ3v) is 7.10. The van der Waals surface area contributed by atoms with Crippen molar-refractivity contribution in [1.82, 2.24) is 0 Å². The van der Waals surface area contributed by atoms with Crippen LogP contribution in [0.5, 0.6) is 0 Å². The van der Waals surface area contributed by atoms with Crippen LogP contribution in [0.2, 0.25) is 0 Å².